The number of nitrogens with zero attached hydrogens (tertiary/aromatic N) is 2. The first-order valence-electron chi connectivity index (χ1n) is 9.64. The third kappa shape index (κ3) is 4.58. The summed E-state index contributed by atoms with van der Waals surface area (Å²) in [7, 11) is 0. The molecule has 0 saturated carbocycles. The Bertz CT molecular complexity index is 1120. The third-order valence-corrected chi connectivity index (χ3v) is 4.43. The van der Waals surface area contributed by atoms with Crippen LogP contribution in [-0.2, 0) is 0 Å². The quantitative estimate of drug-likeness (QED) is 0.275. The molecule has 0 amide bonds. The molecule has 0 bridgehead atoms. The molecule has 0 fully saturated rings. The predicted octanol–water partition coefficient (Wildman–Crippen LogP) is 7.01. The Labute approximate surface area is 174 Å². The lowest BCUT2D eigenvalue weighted by Crippen LogP contribution is -1.65. The number of hydrogen-bond donors (Lipinski definition) is 0. The van der Waals surface area contributed by atoms with Crippen LogP contribution in [0.25, 0.3) is 32.9 Å². The molecule has 0 atom stereocenters. The lowest BCUT2D eigenvalue weighted by molar-refractivity contribution is 0.577. The number of aryl methyl sites for hydroxylation is 3. The minimum Gasteiger partial charge on any atom is -0.461 e. The number of benzene rings is 1. The van der Waals surface area contributed by atoms with E-state index in [1.807, 2.05) is 75.4 Å². The highest BCUT2D eigenvalue weighted by molar-refractivity contribution is 5.78. The molecule has 5 heteroatoms. The Morgan fingerprint density at radius 3 is 1.73 bits per heavy atom. The van der Waals surface area contributed by atoms with Gasteiger partial charge in [-0.25, -0.2) is 0 Å². The zero-order chi connectivity index (χ0) is 20.9. The van der Waals surface area contributed by atoms with Gasteiger partial charge in [0.2, 0.25) is 0 Å². The van der Waals surface area contributed by atoms with E-state index in [0.29, 0.717) is 0 Å². The van der Waals surface area contributed by atoms with Gasteiger partial charge in [-0.15, -0.1) is 0 Å². The van der Waals surface area contributed by atoms with Crippen molar-refractivity contribution in [2.24, 2.45) is 0 Å². The van der Waals surface area contributed by atoms with Gasteiger partial charge in [0.05, 0.1) is 6.20 Å². The van der Waals surface area contributed by atoms with Crippen LogP contribution in [0, 0.1) is 20.8 Å². The van der Waals surface area contributed by atoms with Crippen LogP contribution in [0.1, 0.15) is 17.3 Å². The number of furan rings is 3. The van der Waals surface area contributed by atoms with E-state index in [1.165, 1.54) is 5.39 Å². The second-order valence-electron chi connectivity index (χ2n) is 6.94. The lowest BCUT2D eigenvalue weighted by Gasteiger charge is -1.82. The van der Waals surface area contributed by atoms with Crippen molar-refractivity contribution in [2.45, 2.75) is 20.8 Å². The van der Waals surface area contributed by atoms with Crippen LogP contribution in [0.4, 0.5) is 0 Å². The van der Waals surface area contributed by atoms with Crippen molar-refractivity contribution in [1.29, 1.82) is 0 Å². The molecule has 0 aliphatic heterocycles. The zero-order valence-electron chi connectivity index (χ0n) is 17.1. The molecule has 0 aliphatic rings. The Balaban J connectivity index is 0.000000109. The van der Waals surface area contributed by atoms with Crippen molar-refractivity contribution in [3.8, 4) is 0 Å². The van der Waals surface area contributed by atoms with E-state index in [9.17, 15) is 0 Å². The number of hydrogen-bond acceptors (Lipinski definition) is 5. The normalized spacial score (nSPS) is 10.5. The van der Waals surface area contributed by atoms with Gasteiger partial charge in [-0.1, -0.05) is 18.2 Å². The standard InChI is InChI=1S/C9H8O.2C8H7NO/c1-7-6-8-4-2-3-5-9(8)10-7;1-6-4-7-5-9-3-2-8(7)10-6;1-6-4-7-2-3-9-5-8(7)10-6/h2-6H,1H3;2*2-5H,1H3. The van der Waals surface area contributed by atoms with E-state index < -0.39 is 0 Å². The molecule has 30 heavy (non-hydrogen) atoms. The summed E-state index contributed by atoms with van der Waals surface area (Å²) in [6, 6.07) is 17.8. The molecule has 0 saturated heterocycles. The Kier molecular flexibility index (Phi) is 5.61. The van der Waals surface area contributed by atoms with E-state index in [4.69, 9.17) is 13.3 Å². The van der Waals surface area contributed by atoms with E-state index >= 15 is 0 Å². The maximum Gasteiger partial charge on any atom is 0.152 e. The fraction of sp³-hybridized carbons (Fsp3) is 0.120. The molecule has 6 aromatic rings. The molecule has 5 aromatic heterocycles. The molecule has 0 radical (unpaired) electrons. The maximum atomic E-state index is 5.37. The fourth-order valence-corrected chi connectivity index (χ4v) is 3.15. The lowest BCUT2D eigenvalue weighted by atomic mass is 10.2. The van der Waals surface area contributed by atoms with Gasteiger partial charge in [-0.05, 0) is 57.2 Å². The molecule has 6 rings (SSSR count). The van der Waals surface area contributed by atoms with Crippen LogP contribution in [0.2, 0.25) is 0 Å². The van der Waals surface area contributed by atoms with Crippen molar-refractivity contribution in [2.75, 3.05) is 0 Å². The Hall–Kier alpha value is -3.86. The van der Waals surface area contributed by atoms with Gasteiger partial charge in [0.1, 0.15) is 28.4 Å². The van der Waals surface area contributed by atoms with Gasteiger partial charge in [0, 0.05) is 34.7 Å². The number of aromatic nitrogens is 2. The van der Waals surface area contributed by atoms with Crippen molar-refractivity contribution in [3.63, 3.8) is 0 Å². The molecule has 0 aliphatic carbocycles. The van der Waals surface area contributed by atoms with Gasteiger partial charge in [-0.3, -0.25) is 9.97 Å². The number of fused-ring (bicyclic) bond motifs is 3. The monoisotopic (exact) mass is 398 g/mol. The number of pyridine rings is 2. The molecule has 0 unspecified atom stereocenters. The minimum absolute atomic E-state index is 0.861. The van der Waals surface area contributed by atoms with Crippen LogP contribution >= 0.6 is 0 Å². The van der Waals surface area contributed by atoms with Gasteiger partial charge < -0.3 is 13.3 Å². The summed E-state index contributed by atoms with van der Waals surface area (Å²) in [4.78, 5) is 7.90. The maximum absolute atomic E-state index is 5.37. The van der Waals surface area contributed by atoms with Gasteiger partial charge >= 0.3 is 0 Å². The van der Waals surface area contributed by atoms with Gasteiger partial charge in [0.25, 0.3) is 0 Å². The topological polar surface area (TPSA) is 65.2 Å². The minimum atomic E-state index is 0.861. The first-order chi connectivity index (χ1) is 14.6. The van der Waals surface area contributed by atoms with Crippen LogP contribution in [-0.4, -0.2) is 9.97 Å². The molecule has 5 nitrogen and oxygen atoms in total. The van der Waals surface area contributed by atoms with Crippen LogP contribution < -0.4 is 0 Å². The fourth-order valence-electron chi connectivity index (χ4n) is 3.15. The van der Waals surface area contributed by atoms with Crippen molar-refractivity contribution >= 4 is 32.9 Å². The molecule has 5 heterocycles. The zero-order valence-corrected chi connectivity index (χ0v) is 17.1. The highest BCUT2D eigenvalue weighted by atomic mass is 16.3. The summed E-state index contributed by atoms with van der Waals surface area (Å²) in [6.45, 7) is 5.82. The summed E-state index contributed by atoms with van der Waals surface area (Å²) >= 11 is 0. The highest BCUT2D eigenvalue weighted by Crippen LogP contribution is 2.18. The van der Waals surface area contributed by atoms with Crippen LogP contribution in [0.3, 0.4) is 0 Å². The molecule has 0 spiro atoms. The van der Waals surface area contributed by atoms with Gasteiger partial charge in [0.15, 0.2) is 5.58 Å². The predicted molar refractivity (Wildman–Crippen MR) is 118 cm³/mol. The summed E-state index contributed by atoms with van der Waals surface area (Å²) in [5.74, 6) is 2.84. The second kappa shape index (κ2) is 8.66. The average Bonchev–Trinajstić information content (AvgIpc) is 3.41. The van der Waals surface area contributed by atoms with Gasteiger partial charge in [-0.2, -0.15) is 0 Å². The first kappa shape index (κ1) is 19.5. The Morgan fingerprint density at radius 2 is 1.07 bits per heavy atom. The smallest absolute Gasteiger partial charge is 0.152 e. The summed E-state index contributed by atoms with van der Waals surface area (Å²) in [6.07, 6.45) is 7.01. The number of para-hydroxylation sites is 1. The van der Waals surface area contributed by atoms with Crippen molar-refractivity contribution in [1.82, 2.24) is 9.97 Å². The highest BCUT2D eigenvalue weighted by Gasteiger charge is 1.97. The molecular formula is C25H22N2O3. The summed E-state index contributed by atoms with van der Waals surface area (Å²) in [5.41, 5.74) is 2.74. The first-order valence-corrected chi connectivity index (χ1v) is 9.64. The molecule has 150 valence electrons. The number of rotatable bonds is 0. The van der Waals surface area contributed by atoms with Crippen LogP contribution in [0.5, 0.6) is 0 Å². The summed E-state index contributed by atoms with van der Waals surface area (Å²) in [5, 5.41) is 3.37. The third-order valence-electron chi connectivity index (χ3n) is 4.43. The molecule has 0 N–H and O–H groups in total. The van der Waals surface area contributed by atoms with E-state index in [0.717, 1.165) is 44.8 Å². The van der Waals surface area contributed by atoms with E-state index in [-0.39, 0.29) is 0 Å². The largest absolute Gasteiger partial charge is 0.461 e. The SMILES string of the molecule is Cc1cc2ccccc2o1.Cc1cc2ccncc2o1.Cc1cc2cnccc2o1. The van der Waals surface area contributed by atoms with Crippen molar-refractivity contribution in [3.05, 3.63) is 96.7 Å². The van der Waals surface area contributed by atoms with Crippen molar-refractivity contribution < 1.29 is 13.3 Å². The summed E-state index contributed by atoms with van der Waals surface area (Å²) < 4.78 is 16.0. The van der Waals surface area contributed by atoms with Crippen LogP contribution in [0.15, 0.2) is 92.6 Å². The second-order valence-corrected chi connectivity index (χ2v) is 6.94. The van der Waals surface area contributed by atoms with E-state index in [2.05, 4.69) is 9.97 Å². The molecule has 1 aromatic carbocycles. The average molecular weight is 398 g/mol. The Morgan fingerprint density at radius 1 is 0.533 bits per heavy atom. The van der Waals surface area contributed by atoms with E-state index in [1.54, 1.807) is 24.8 Å². The molecular weight excluding hydrogens is 376 g/mol.